The summed E-state index contributed by atoms with van der Waals surface area (Å²) in [7, 11) is 0. The lowest BCUT2D eigenvalue weighted by Crippen LogP contribution is -2.51. The Morgan fingerprint density at radius 3 is 2.75 bits per heavy atom. The number of hydrogen-bond donors (Lipinski definition) is 0. The van der Waals surface area contributed by atoms with Crippen molar-refractivity contribution < 1.29 is 14.3 Å². The van der Waals surface area contributed by atoms with Crippen LogP contribution in [0.25, 0.3) is 0 Å². The molecule has 16 heavy (non-hydrogen) atoms. The van der Waals surface area contributed by atoms with Crippen LogP contribution < -0.4 is 0 Å². The molecule has 4 nitrogen and oxygen atoms in total. The van der Waals surface area contributed by atoms with Crippen LogP contribution in [-0.4, -0.2) is 22.6 Å². The lowest BCUT2D eigenvalue weighted by Gasteiger charge is -2.41. The zero-order valence-corrected chi connectivity index (χ0v) is 10.1. The van der Waals surface area contributed by atoms with Gasteiger partial charge in [-0.2, -0.15) is 4.74 Å². The van der Waals surface area contributed by atoms with E-state index in [2.05, 4.69) is 20.8 Å². The molecule has 0 aromatic carbocycles. The fraction of sp³-hybridized carbons (Fsp3) is 0.833. The van der Waals surface area contributed by atoms with Crippen molar-refractivity contribution in [3.63, 3.8) is 0 Å². The second kappa shape index (κ2) is 3.75. The number of nitrogens with zero attached hydrogens (tertiary/aromatic N) is 1. The number of carbonyl (C=O) groups is 1. The monoisotopic (exact) mass is 225 g/mol. The molecule has 1 saturated carbocycles. The molecular formula is C12H19NO3. The zero-order chi connectivity index (χ0) is 11.9. The van der Waals surface area contributed by atoms with Crippen molar-refractivity contribution in [2.75, 3.05) is 0 Å². The maximum absolute atomic E-state index is 11.9. The second-order valence-electron chi connectivity index (χ2n) is 5.46. The molecular weight excluding hydrogens is 206 g/mol. The van der Waals surface area contributed by atoms with Gasteiger partial charge >= 0.3 is 11.7 Å². The van der Waals surface area contributed by atoms with Crippen LogP contribution in [0.1, 0.15) is 40.0 Å². The van der Waals surface area contributed by atoms with Crippen LogP contribution in [0.15, 0.2) is 0 Å². The topological polar surface area (TPSA) is 52.4 Å². The summed E-state index contributed by atoms with van der Waals surface area (Å²) < 4.78 is 6.12. The van der Waals surface area contributed by atoms with Crippen molar-refractivity contribution in [1.29, 1.82) is 0 Å². The van der Waals surface area contributed by atoms with Gasteiger partial charge in [0.25, 0.3) is 6.21 Å². The summed E-state index contributed by atoms with van der Waals surface area (Å²) in [6.07, 6.45) is 3.77. The van der Waals surface area contributed by atoms with Crippen LogP contribution in [0.5, 0.6) is 0 Å². The van der Waals surface area contributed by atoms with E-state index < -0.39 is 11.7 Å². The van der Waals surface area contributed by atoms with Gasteiger partial charge in [-0.25, -0.2) is 4.79 Å². The van der Waals surface area contributed by atoms with E-state index in [9.17, 15) is 10.0 Å². The second-order valence-corrected chi connectivity index (χ2v) is 5.46. The number of rotatable bonds is 1. The Hall–Kier alpha value is -1.06. The van der Waals surface area contributed by atoms with Crippen LogP contribution in [0.3, 0.4) is 0 Å². The zero-order valence-electron chi connectivity index (χ0n) is 10.1. The Morgan fingerprint density at radius 1 is 1.56 bits per heavy atom. The van der Waals surface area contributed by atoms with Crippen molar-refractivity contribution in [1.82, 2.24) is 0 Å². The van der Waals surface area contributed by atoms with Crippen LogP contribution >= 0.6 is 0 Å². The van der Waals surface area contributed by atoms with E-state index in [1.54, 1.807) is 0 Å². The smallest absolute Gasteiger partial charge is 0.401 e. The van der Waals surface area contributed by atoms with Crippen LogP contribution in [0.4, 0.5) is 0 Å². The number of esters is 1. The first kappa shape index (κ1) is 11.4. The molecule has 0 aromatic heterocycles. The molecule has 1 aliphatic carbocycles. The highest BCUT2D eigenvalue weighted by Gasteiger charge is 2.57. The van der Waals surface area contributed by atoms with Gasteiger partial charge in [0.1, 0.15) is 0 Å². The predicted molar refractivity (Wildman–Crippen MR) is 59.9 cm³/mol. The van der Waals surface area contributed by atoms with E-state index in [0.717, 1.165) is 23.8 Å². The maximum Gasteiger partial charge on any atom is 0.401 e. The third-order valence-electron chi connectivity index (χ3n) is 3.87. The molecule has 0 amide bonds. The average molecular weight is 225 g/mol. The summed E-state index contributed by atoms with van der Waals surface area (Å²) in [5.74, 6) is 0.438. The third-order valence-corrected chi connectivity index (χ3v) is 3.87. The van der Waals surface area contributed by atoms with Gasteiger partial charge in [0.15, 0.2) is 0 Å². The fourth-order valence-electron chi connectivity index (χ4n) is 3.12. The van der Waals surface area contributed by atoms with Gasteiger partial charge in [-0.05, 0) is 24.7 Å². The fourth-order valence-corrected chi connectivity index (χ4v) is 3.12. The maximum atomic E-state index is 11.9. The molecule has 1 spiro atoms. The molecule has 2 rings (SSSR count). The number of hydrogen-bond acceptors (Lipinski definition) is 3. The minimum atomic E-state index is -0.914. The van der Waals surface area contributed by atoms with E-state index in [4.69, 9.17) is 4.74 Å². The highest BCUT2D eigenvalue weighted by molar-refractivity contribution is 6.22. The van der Waals surface area contributed by atoms with Crippen molar-refractivity contribution in [3.05, 3.63) is 5.21 Å². The van der Waals surface area contributed by atoms with Gasteiger partial charge in [0, 0.05) is 0 Å². The van der Waals surface area contributed by atoms with E-state index in [0.29, 0.717) is 18.3 Å². The first-order chi connectivity index (χ1) is 7.45. The molecule has 0 N–H and O–H groups in total. The van der Waals surface area contributed by atoms with Crippen molar-refractivity contribution in [3.8, 4) is 0 Å². The lowest BCUT2D eigenvalue weighted by molar-refractivity contribution is -0.608. The van der Waals surface area contributed by atoms with Crippen molar-refractivity contribution in [2.24, 2.45) is 17.8 Å². The molecule has 3 atom stereocenters. The molecule has 1 heterocycles. The normalized spacial score (nSPS) is 39.0. The predicted octanol–water partition coefficient (Wildman–Crippen LogP) is 1.91. The number of carbonyl (C=O) groups excluding carboxylic acids is 1. The Labute approximate surface area is 95.9 Å². The molecule has 90 valence electrons. The van der Waals surface area contributed by atoms with Crippen LogP contribution in [0.2, 0.25) is 0 Å². The summed E-state index contributed by atoms with van der Waals surface area (Å²) in [4.78, 5) is 11.3. The lowest BCUT2D eigenvalue weighted by atomic mass is 9.71. The molecule has 0 unspecified atom stereocenters. The van der Waals surface area contributed by atoms with Gasteiger partial charge in [-0.1, -0.05) is 20.8 Å². The van der Waals surface area contributed by atoms with E-state index in [1.165, 1.54) is 0 Å². The van der Waals surface area contributed by atoms with Gasteiger partial charge in [-0.3, -0.25) is 0 Å². The number of ether oxygens (including phenoxy) is 1. The Bertz CT molecular complexity index is 337. The number of hydroxylamine groups is 1. The quantitative estimate of drug-likeness (QED) is 0.389. The van der Waals surface area contributed by atoms with Crippen molar-refractivity contribution >= 4 is 12.2 Å². The molecule has 1 aliphatic heterocycles. The van der Waals surface area contributed by atoms with Crippen LogP contribution in [0, 0.1) is 23.0 Å². The van der Waals surface area contributed by atoms with E-state index in [1.807, 2.05) is 0 Å². The standard InChI is InChI=1S/C12H19NO3/c1-8(2)10-5-4-9(3)6-12(10)13(15)7-11(14)16-12/h7-10H,4-6H2,1-3H3/t9-,10+,12-/m1/s1. The van der Waals surface area contributed by atoms with Gasteiger partial charge in [-0.15, -0.1) is 0 Å². The highest BCUT2D eigenvalue weighted by atomic mass is 16.6. The van der Waals surface area contributed by atoms with Gasteiger partial charge in [0.2, 0.25) is 0 Å². The molecule has 0 radical (unpaired) electrons. The van der Waals surface area contributed by atoms with Gasteiger partial charge in [0.05, 0.1) is 12.3 Å². The largest absolute Gasteiger partial charge is 0.621 e. The van der Waals surface area contributed by atoms with E-state index in [-0.39, 0.29) is 5.92 Å². The Balaban J connectivity index is 2.34. The first-order valence-corrected chi connectivity index (χ1v) is 6.00. The third kappa shape index (κ3) is 1.60. The molecule has 0 saturated heterocycles. The summed E-state index contributed by atoms with van der Waals surface area (Å²) in [5.41, 5.74) is -0.914. The minimum absolute atomic E-state index is 0.142. The summed E-state index contributed by atoms with van der Waals surface area (Å²) >= 11 is 0. The molecule has 1 fully saturated rings. The van der Waals surface area contributed by atoms with E-state index >= 15 is 0 Å². The first-order valence-electron chi connectivity index (χ1n) is 6.00. The van der Waals surface area contributed by atoms with Crippen LogP contribution in [-0.2, 0) is 9.53 Å². The molecule has 0 aromatic rings. The minimum Gasteiger partial charge on any atom is -0.621 e. The SMILES string of the molecule is CC(C)[C@@H]1CC[C@@H](C)C[C@@]12OC(=O)C=[N+]2[O-]. The Morgan fingerprint density at radius 2 is 2.25 bits per heavy atom. The Kier molecular flexibility index (Phi) is 2.68. The summed E-state index contributed by atoms with van der Waals surface area (Å²) in [6, 6.07) is 0. The summed E-state index contributed by atoms with van der Waals surface area (Å²) in [6.45, 7) is 6.28. The van der Waals surface area contributed by atoms with Crippen molar-refractivity contribution in [2.45, 2.75) is 45.8 Å². The molecule has 0 bridgehead atoms. The average Bonchev–Trinajstić information content (AvgIpc) is 2.41. The molecule has 2 aliphatic rings. The van der Waals surface area contributed by atoms with Gasteiger partial charge < -0.3 is 9.94 Å². The highest BCUT2D eigenvalue weighted by Crippen LogP contribution is 2.45. The summed E-state index contributed by atoms with van der Waals surface area (Å²) in [5, 5.41) is 11.9. The molecule has 4 heteroatoms.